The lowest BCUT2D eigenvalue weighted by Gasteiger charge is -2.17. The van der Waals surface area contributed by atoms with Gasteiger partial charge in [-0.25, -0.2) is 0 Å². The van der Waals surface area contributed by atoms with Crippen LogP contribution in [0.4, 0.5) is 13.2 Å². The first-order valence-corrected chi connectivity index (χ1v) is 5.78. The first-order valence-electron chi connectivity index (χ1n) is 5.78. The maximum Gasteiger partial charge on any atom is 0.416 e. The Kier molecular flexibility index (Phi) is 3.61. The van der Waals surface area contributed by atoms with E-state index in [0.717, 1.165) is 18.5 Å². The molecule has 0 amide bonds. The summed E-state index contributed by atoms with van der Waals surface area (Å²) in [6.45, 7) is 1.85. The molecule has 0 saturated heterocycles. The second kappa shape index (κ2) is 5.05. The summed E-state index contributed by atoms with van der Waals surface area (Å²) in [5.41, 5.74) is 5.68. The summed E-state index contributed by atoms with van der Waals surface area (Å²) < 4.78 is 44.0. The number of furan rings is 1. The van der Waals surface area contributed by atoms with Gasteiger partial charge >= 0.3 is 6.18 Å². The molecule has 1 atom stereocenters. The number of nitrogens with zero attached hydrogens (tertiary/aromatic N) is 1. The molecule has 6 heteroatoms. The summed E-state index contributed by atoms with van der Waals surface area (Å²) in [6.07, 6.45) is -0.198. The zero-order chi connectivity index (χ0) is 14.0. The van der Waals surface area contributed by atoms with E-state index in [1.807, 2.05) is 6.92 Å². The van der Waals surface area contributed by atoms with Crippen LogP contribution in [-0.2, 0) is 12.6 Å². The molecule has 0 radical (unpaired) electrons. The molecule has 2 rings (SSSR count). The Bertz CT molecular complexity index is 563. The Morgan fingerprint density at radius 1 is 1.32 bits per heavy atom. The molecule has 19 heavy (non-hydrogen) atoms. The zero-order valence-electron chi connectivity index (χ0n) is 10.2. The van der Waals surface area contributed by atoms with Gasteiger partial charge in [-0.1, -0.05) is 6.92 Å². The fourth-order valence-electron chi connectivity index (χ4n) is 2.00. The molecule has 3 nitrogen and oxygen atoms in total. The molecule has 0 bridgehead atoms. The fraction of sp³-hybridized carbons (Fsp3) is 0.308. The zero-order valence-corrected chi connectivity index (χ0v) is 10.2. The number of alkyl halides is 3. The minimum atomic E-state index is -4.45. The normalized spacial score (nSPS) is 13.5. The third-order valence-corrected chi connectivity index (χ3v) is 2.93. The SMILES string of the molecule is CCc1occc1C(N)c1cnccc1C(F)(F)F. The topological polar surface area (TPSA) is 52.0 Å². The maximum atomic E-state index is 12.9. The van der Waals surface area contributed by atoms with E-state index < -0.39 is 17.8 Å². The number of rotatable bonds is 3. The van der Waals surface area contributed by atoms with Crippen molar-refractivity contribution in [2.24, 2.45) is 5.73 Å². The van der Waals surface area contributed by atoms with E-state index in [0.29, 0.717) is 17.7 Å². The van der Waals surface area contributed by atoms with Crippen LogP contribution in [0.3, 0.4) is 0 Å². The molecular formula is C13H13F3N2O. The summed E-state index contributed by atoms with van der Waals surface area (Å²) >= 11 is 0. The van der Waals surface area contributed by atoms with Gasteiger partial charge in [0.15, 0.2) is 0 Å². The lowest BCUT2D eigenvalue weighted by molar-refractivity contribution is -0.138. The van der Waals surface area contributed by atoms with Gasteiger partial charge in [0.2, 0.25) is 0 Å². The van der Waals surface area contributed by atoms with Crippen LogP contribution in [0.2, 0.25) is 0 Å². The fourth-order valence-corrected chi connectivity index (χ4v) is 2.00. The van der Waals surface area contributed by atoms with Gasteiger partial charge in [0, 0.05) is 29.9 Å². The number of hydrogen-bond donors (Lipinski definition) is 1. The van der Waals surface area contributed by atoms with Gasteiger partial charge in [0.05, 0.1) is 17.9 Å². The molecule has 0 aliphatic heterocycles. The van der Waals surface area contributed by atoms with Gasteiger partial charge in [-0.15, -0.1) is 0 Å². The number of hydrogen-bond acceptors (Lipinski definition) is 3. The summed E-state index contributed by atoms with van der Waals surface area (Å²) in [5.74, 6) is 0.587. The van der Waals surface area contributed by atoms with Gasteiger partial charge < -0.3 is 10.2 Å². The molecule has 1 unspecified atom stereocenters. The number of nitrogens with two attached hydrogens (primary N) is 1. The maximum absolute atomic E-state index is 12.9. The van der Waals surface area contributed by atoms with Crippen LogP contribution >= 0.6 is 0 Å². The van der Waals surface area contributed by atoms with Gasteiger partial charge in [-0.2, -0.15) is 13.2 Å². The highest BCUT2D eigenvalue weighted by Gasteiger charge is 2.35. The van der Waals surface area contributed by atoms with Crippen molar-refractivity contribution < 1.29 is 17.6 Å². The highest BCUT2D eigenvalue weighted by Crippen LogP contribution is 2.36. The van der Waals surface area contributed by atoms with E-state index in [4.69, 9.17) is 10.2 Å². The molecule has 2 heterocycles. The molecule has 2 aromatic rings. The van der Waals surface area contributed by atoms with Crippen molar-refractivity contribution in [1.82, 2.24) is 4.98 Å². The number of aromatic nitrogens is 1. The van der Waals surface area contributed by atoms with Crippen LogP contribution in [0.25, 0.3) is 0 Å². The first kappa shape index (κ1) is 13.6. The molecule has 102 valence electrons. The standard InChI is InChI=1S/C13H13F3N2O/c1-2-11-8(4-6-19-11)12(17)9-7-18-5-3-10(9)13(14,15)16/h3-7,12H,2,17H2,1H3. The molecule has 2 N–H and O–H groups in total. The Morgan fingerprint density at radius 3 is 2.68 bits per heavy atom. The van der Waals surface area contributed by atoms with Crippen molar-refractivity contribution in [1.29, 1.82) is 0 Å². The minimum Gasteiger partial charge on any atom is -0.469 e. The third kappa shape index (κ3) is 2.63. The third-order valence-electron chi connectivity index (χ3n) is 2.93. The predicted molar refractivity (Wildman–Crippen MR) is 63.4 cm³/mol. The molecule has 0 aliphatic carbocycles. The smallest absolute Gasteiger partial charge is 0.416 e. The van der Waals surface area contributed by atoms with Crippen LogP contribution in [0.15, 0.2) is 35.2 Å². The molecular weight excluding hydrogens is 257 g/mol. The van der Waals surface area contributed by atoms with Crippen molar-refractivity contribution in [3.8, 4) is 0 Å². The van der Waals surface area contributed by atoms with Crippen LogP contribution in [0, 0.1) is 0 Å². The number of pyridine rings is 1. The predicted octanol–water partition coefficient (Wildman–Crippen LogP) is 3.30. The summed E-state index contributed by atoms with van der Waals surface area (Å²) in [4.78, 5) is 3.73. The Morgan fingerprint density at radius 2 is 2.05 bits per heavy atom. The first-order chi connectivity index (χ1) is 8.95. The summed E-state index contributed by atoms with van der Waals surface area (Å²) in [6, 6.07) is 1.62. The van der Waals surface area contributed by atoms with Gasteiger partial charge in [0.25, 0.3) is 0 Å². The van der Waals surface area contributed by atoms with Crippen LogP contribution in [0.1, 0.15) is 35.4 Å². The largest absolute Gasteiger partial charge is 0.469 e. The molecule has 0 spiro atoms. The van der Waals surface area contributed by atoms with E-state index in [9.17, 15) is 13.2 Å². The molecule has 0 aromatic carbocycles. The van der Waals surface area contributed by atoms with Gasteiger partial charge in [-0.05, 0) is 12.1 Å². The molecule has 0 aliphatic rings. The van der Waals surface area contributed by atoms with Crippen molar-refractivity contribution in [3.05, 3.63) is 53.2 Å². The average molecular weight is 270 g/mol. The van der Waals surface area contributed by atoms with Crippen molar-refractivity contribution in [3.63, 3.8) is 0 Å². The van der Waals surface area contributed by atoms with Crippen molar-refractivity contribution >= 4 is 0 Å². The number of halogens is 3. The van der Waals surface area contributed by atoms with Gasteiger partial charge in [-0.3, -0.25) is 4.98 Å². The molecule has 2 aromatic heterocycles. The van der Waals surface area contributed by atoms with Gasteiger partial charge in [0.1, 0.15) is 5.76 Å². The van der Waals surface area contributed by atoms with E-state index in [1.54, 1.807) is 6.07 Å². The second-order valence-electron chi connectivity index (χ2n) is 4.09. The second-order valence-corrected chi connectivity index (χ2v) is 4.09. The highest BCUT2D eigenvalue weighted by atomic mass is 19.4. The van der Waals surface area contributed by atoms with Crippen LogP contribution in [-0.4, -0.2) is 4.98 Å². The van der Waals surface area contributed by atoms with Crippen molar-refractivity contribution in [2.75, 3.05) is 0 Å². The lowest BCUT2D eigenvalue weighted by atomic mass is 9.96. The molecule has 0 saturated carbocycles. The van der Waals surface area contributed by atoms with Crippen LogP contribution in [0.5, 0.6) is 0 Å². The minimum absolute atomic E-state index is 0.0499. The highest BCUT2D eigenvalue weighted by molar-refractivity contribution is 5.37. The summed E-state index contributed by atoms with van der Waals surface area (Å²) in [5, 5.41) is 0. The van der Waals surface area contributed by atoms with E-state index >= 15 is 0 Å². The number of aryl methyl sites for hydroxylation is 1. The monoisotopic (exact) mass is 270 g/mol. The quantitative estimate of drug-likeness (QED) is 0.931. The van der Waals surface area contributed by atoms with E-state index in [2.05, 4.69) is 4.98 Å². The Balaban J connectivity index is 2.48. The summed E-state index contributed by atoms with van der Waals surface area (Å²) in [7, 11) is 0. The van der Waals surface area contributed by atoms with Crippen molar-refractivity contribution in [2.45, 2.75) is 25.6 Å². The average Bonchev–Trinajstić information content (AvgIpc) is 2.85. The van der Waals surface area contributed by atoms with Crippen LogP contribution < -0.4 is 5.73 Å². The molecule has 0 fully saturated rings. The Labute approximate surface area is 108 Å². The van der Waals surface area contributed by atoms with E-state index in [-0.39, 0.29) is 5.56 Å². The lowest BCUT2D eigenvalue weighted by Crippen LogP contribution is -2.19. The Hall–Kier alpha value is -1.82. The van der Waals surface area contributed by atoms with E-state index in [1.165, 1.54) is 6.26 Å².